The predicted octanol–water partition coefficient (Wildman–Crippen LogP) is 6.12. The molecule has 0 amide bonds. The molecule has 0 aromatic heterocycles. The normalized spacial score (nSPS) is 22.4. The van der Waals surface area contributed by atoms with Crippen molar-refractivity contribution in [3.8, 4) is 5.75 Å². The molecular weight excluding hydrogens is 428 g/mol. The van der Waals surface area contributed by atoms with E-state index in [0.717, 1.165) is 16.7 Å². The zero-order valence-electron chi connectivity index (χ0n) is 20.9. The van der Waals surface area contributed by atoms with E-state index in [-0.39, 0.29) is 41.1 Å². The van der Waals surface area contributed by atoms with E-state index in [1.54, 1.807) is 0 Å². The summed E-state index contributed by atoms with van der Waals surface area (Å²) in [5.41, 5.74) is 4.83. The van der Waals surface area contributed by atoms with E-state index in [2.05, 4.69) is 20.8 Å². The van der Waals surface area contributed by atoms with Crippen LogP contribution in [0, 0.1) is 26.7 Å². The zero-order chi connectivity index (χ0) is 24.6. The number of ether oxygens (including phenoxy) is 3. The number of benzene rings is 2. The summed E-state index contributed by atoms with van der Waals surface area (Å²) < 4.78 is 17.6. The van der Waals surface area contributed by atoms with Gasteiger partial charge in [-0.3, -0.25) is 4.79 Å². The van der Waals surface area contributed by atoms with Crippen LogP contribution in [0.15, 0.2) is 48.4 Å². The van der Waals surface area contributed by atoms with E-state index in [9.17, 15) is 9.59 Å². The largest absolute Gasteiger partial charge is 0.493 e. The summed E-state index contributed by atoms with van der Waals surface area (Å²) in [7, 11) is 0. The molecule has 2 aliphatic rings. The molecule has 0 saturated heterocycles. The molecule has 1 saturated carbocycles. The van der Waals surface area contributed by atoms with E-state index in [1.165, 1.54) is 11.8 Å². The fourth-order valence-corrected chi connectivity index (χ4v) is 4.98. The third-order valence-electron chi connectivity index (χ3n) is 6.78. The van der Waals surface area contributed by atoms with Crippen LogP contribution < -0.4 is 4.74 Å². The molecule has 2 aromatic rings. The summed E-state index contributed by atoms with van der Waals surface area (Å²) in [4.78, 5) is 26.0. The number of rotatable bonds is 4. The Morgan fingerprint density at radius 1 is 1.00 bits per heavy atom. The van der Waals surface area contributed by atoms with Gasteiger partial charge >= 0.3 is 5.97 Å². The van der Waals surface area contributed by atoms with Crippen molar-refractivity contribution in [3.63, 3.8) is 0 Å². The molecule has 3 atom stereocenters. The molecule has 4 rings (SSSR count). The van der Waals surface area contributed by atoms with Gasteiger partial charge in [-0.1, -0.05) is 50.6 Å². The fourth-order valence-electron chi connectivity index (χ4n) is 4.98. The number of fused-ring (bicyclic) bond motifs is 1. The smallest absolute Gasteiger partial charge is 0.338 e. The van der Waals surface area contributed by atoms with Gasteiger partial charge in [0.1, 0.15) is 24.2 Å². The van der Waals surface area contributed by atoms with Crippen LogP contribution in [0.2, 0.25) is 0 Å². The Bertz CT molecular complexity index is 1100. The summed E-state index contributed by atoms with van der Waals surface area (Å²) in [6.45, 7) is 12.3. The number of carbonyl (C=O) groups is 2. The van der Waals surface area contributed by atoms with Gasteiger partial charge in [0, 0.05) is 6.42 Å². The molecule has 1 aliphatic carbocycles. The lowest BCUT2D eigenvalue weighted by molar-refractivity contribution is -0.132. The van der Waals surface area contributed by atoms with E-state index >= 15 is 0 Å². The fraction of sp³-hybridized carbons (Fsp3) is 0.448. The molecular formula is C29H34O5. The molecule has 1 heterocycles. The molecule has 1 fully saturated rings. The van der Waals surface area contributed by atoms with Crippen LogP contribution in [0.4, 0.5) is 0 Å². The zero-order valence-corrected chi connectivity index (χ0v) is 20.9. The second-order valence-corrected chi connectivity index (χ2v) is 10.6. The summed E-state index contributed by atoms with van der Waals surface area (Å²) in [6.07, 6.45) is 2.55. The van der Waals surface area contributed by atoms with Crippen LogP contribution in [-0.4, -0.2) is 24.0 Å². The minimum absolute atomic E-state index is 0.0493. The molecule has 2 aromatic carbocycles. The highest BCUT2D eigenvalue weighted by atomic mass is 16.6. The molecule has 0 spiro atoms. The number of allylic oxidation sites excluding steroid dienone is 1. The third-order valence-corrected chi connectivity index (χ3v) is 6.78. The Hall–Kier alpha value is -3.08. The Morgan fingerprint density at radius 3 is 2.26 bits per heavy atom. The molecule has 1 aliphatic heterocycles. The maximum atomic E-state index is 13.1. The topological polar surface area (TPSA) is 61.8 Å². The monoisotopic (exact) mass is 462 g/mol. The van der Waals surface area contributed by atoms with Crippen molar-refractivity contribution < 1.29 is 23.8 Å². The summed E-state index contributed by atoms with van der Waals surface area (Å²) in [5, 5.41) is 0. The molecule has 0 radical (unpaired) electrons. The first-order valence-corrected chi connectivity index (χ1v) is 12.0. The summed E-state index contributed by atoms with van der Waals surface area (Å²) in [5.74, 6) is 0.198. The van der Waals surface area contributed by atoms with Crippen LogP contribution in [0.5, 0.6) is 5.75 Å². The van der Waals surface area contributed by atoms with E-state index in [1.807, 2.05) is 57.2 Å². The van der Waals surface area contributed by atoms with Crippen LogP contribution >= 0.6 is 0 Å². The number of Topliss-reactive ketones (excluding diaryl/α,β-unsaturated/α-hetero) is 1. The first-order chi connectivity index (χ1) is 16.0. The van der Waals surface area contributed by atoms with Gasteiger partial charge in [0.05, 0.1) is 11.5 Å². The molecule has 5 nitrogen and oxygen atoms in total. The van der Waals surface area contributed by atoms with Gasteiger partial charge < -0.3 is 14.2 Å². The van der Waals surface area contributed by atoms with E-state index in [4.69, 9.17) is 14.2 Å². The Labute approximate surface area is 202 Å². The molecule has 0 N–H and O–H groups in total. The van der Waals surface area contributed by atoms with Crippen molar-refractivity contribution in [2.45, 2.75) is 78.4 Å². The highest BCUT2D eigenvalue weighted by Gasteiger charge is 2.42. The summed E-state index contributed by atoms with van der Waals surface area (Å²) >= 11 is 0. The van der Waals surface area contributed by atoms with Crippen molar-refractivity contribution in [2.24, 2.45) is 5.92 Å². The number of hydrogen-bond donors (Lipinski definition) is 0. The number of hydrogen-bond acceptors (Lipinski definition) is 5. The average molecular weight is 463 g/mol. The molecule has 180 valence electrons. The van der Waals surface area contributed by atoms with Crippen LogP contribution in [-0.2, 0) is 19.7 Å². The standard InChI is InChI=1S/C29H34O5/c1-17-13-18(2)26(19(3)14-17)28(31)34-22-11-12-23-24(15-22)32-16-25(27(23)30)33-21-9-7-20(8-10-21)29(4,5)6/h7-10,13-14,16,22-24H,11-12,15H2,1-6H3. The van der Waals surface area contributed by atoms with Crippen molar-refractivity contribution in [3.05, 3.63) is 76.2 Å². The lowest BCUT2D eigenvalue weighted by Gasteiger charge is -2.36. The quantitative estimate of drug-likeness (QED) is 0.512. The summed E-state index contributed by atoms with van der Waals surface area (Å²) in [6, 6.07) is 11.8. The minimum atomic E-state index is -0.310. The molecule has 3 unspecified atom stereocenters. The van der Waals surface area contributed by atoms with Gasteiger partial charge in [0.2, 0.25) is 11.5 Å². The molecule has 34 heavy (non-hydrogen) atoms. The highest BCUT2D eigenvalue weighted by Crippen LogP contribution is 2.36. The van der Waals surface area contributed by atoms with Crippen molar-refractivity contribution in [1.29, 1.82) is 0 Å². The third kappa shape index (κ3) is 5.03. The average Bonchev–Trinajstić information content (AvgIpc) is 2.75. The number of carbonyl (C=O) groups excluding carboxylic acids is 2. The maximum Gasteiger partial charge on any atom is 0.338 e. The maximum absolute atomic E-state index is 13.1. The molecule has 5 heteroatoms. The second kappa shape index (κ2) is 9.28. The molecule has 0 bridgehead atoms. The van der Waals surface area contributed by atoms with E-state index in [0.29, 0.717) is 30.6 Å². The number of ketones is 1. The van der Waals surface area contributed by atoms with Crippen molar-refractivity contribution in [2.75, 3.05) is 0 Å². The van der Waals surface area contributed by atoms with Gasteiger partial charge in [-0.05, 0) is 67.9 Å². The lowest BCUT2D eigenvalue weighted by atomic mass is 9.80. The van der Waals surface area contributed by atoms with Gasteiger partial charge in [-0.25, -0.2) is 4.79 Å². The Balaban J connectivity index is 1.39. The van der Waals surface area contributed by atoms with E-state index < -0.39 is 0 Å². The first-order valence-electron chi connectivity index (χ1n) is 12.0. The number of aryl methyl sites for hydroxylation is 3. The van der Waals surface area contributed by atoms with Gasteiger partial charge in [-0.2, -0.15) is 0 Å². The van der Waals surface area contributed by atoms with Crippen LogP contribution in [0.3, 0.4) is 0 Å². The minimum Gasteiger partial charge on any atom is -0.493 e. The van der Waals surface area contributed by atoms with Crippen LogP contribution in [0.1, 0.15) is 72.6 Å². The SMILES string of the molecule is Cc1cc(C)c(C(=O)OC2CCC3C(=O)C(Oc4ccc(C(C)(C)C)cc4)=COC3C2)c(C)c1. The first kappa shape index (κ1) is 24.1. The Morgan fingerprint density at radius 2 is 1.65 bits per heavy atom. The Kier molecular flexibility index (Phi) is 6.57. The van der Waals surface area contributed by atoms with Gasteiger partial charge in [0.15, 0.2) is 0 Å². The van der Waals surface area contributed by atoms with Crippen molar-refractivity contribution in [1.82, 2.24) is 0 Å². The predicted molar refractivity (Wildman–Crippen MR) is 131 cm³/mol. The highest BCUT2D eigenvalue weighted by molar-refractivity contribution is 5.96. The lowest BCUT2D eigenvalue weighted by Crippen LogP contribution is -2.43. The van der Waals surface area contributed by atoms with Crippen molar-refractivity contribution >= 4 is 11.8 Å². The van der Waals surface area contributed by atoms with Gasteiger partial charge in [-0.15, -0.1) is 0 Å². The number of esters is 1. The second-order valence-electron chi connectivity index (χ2n) is 10.6. The van der Waals surface area contributed by atoms with Crippen LogP contribution in [0.25, 0.3) is 0 Å². The van der Waals surface area contributed by atoms with Gasteiger partial charge in [0.25, 0.3) is 0 Å².